The Bertz CT molecular complexity index is 436. The number of furan rings is 1. The average molecular weight is 250 g/mol. The van der Waals surface area contributed by atoms with Gasteiger partial charge in [-0.2, -0.15) is 0 Å². The summed E-state index contributed by atoms with van der Waals surface area (Å²) in [5.41, 5.74) is 2.47. The second kappa shape index (κ2) is 5.89. The molecule has 1 aromatic heterocycles. The van der Waals surface area contributed by atoms with Crippen molar-refractivity contribution in [1.29, 1.82) is 0 Å². The van der Waals surface area contributed by atoms with E-state index in [1.54, 1.807) is 12.5 Å². The molecule has 0 bridgehead atoms. The summed E-state index contributed by atoms with van der Waals surface area (Å²) in [6, 6.07) is 10.4. The molecule has 0 fully saturated rings. The fourth-order valence-electron chi connectivity index (χ4n) is 1.73. The molecule has 0 aliphatic rings. The van der Waals surface area contributed by atoms with Gasteiger partial charge < -0.3 is 9.73 Å². The molecular formula is C14H16ClNO. The van der Waals surface area contributed by atoms with E-state index in [1.807, 2.05) is 18.2 Å². The number of benzene rings is 1. The van der Waals surface area contributed by atoms with Crippen LogP contribution >= 0.6 is 11.6 Å². The zero-order valence-corrected chi connectivity index (χ0v) is 10.6. The lowest BCUT2D eigenvalue weighted by atomic mass is 10.1. The molecule has 90 valence electrons. The molecule has 17 heavy (non-hydrogen) atoms. The van der Waals surface area contributed by atoms with Crippen molar-refractivity contribution < 1.29 is 4.42 Å². The summed E-state index contributed by atoms with van der Waals surface area (Å²) in [6.45, 7) is 3.01. The molecule has 0 spiro atoms. The van der Waals surface area contributed by atoms with Crippen LogP contribution in [-0.4, -0.2) is 6.04 Å². The third kappa shape index (κ3) is 3.91. The van der Waals surface area contributed by atoms with Gasteiger partial charge in [-0.1, -0.05) is 23.7 Å². The van der Waals surface area contributed by atoms with Crippen LogP contribution in [0.3, 0.4) is 0 Å². The van der Waals surface area contributed by atoms with Gasteiger partial charge in [0.1, 0.15) is 0 Å². The lowest BCUT2D eigenvalue weighted by Gasteiger charge is -2.13. The summed E-state index contributed by atoms with van der Waals surface area (Å²) in [5.74, 6) is 0. The number of hydrogen-bond acceptors (Lipinski definition) is 2. The van der Waals surface area contributed by atoms with E-state index >= 15 is 0 Å². The molecular weight excluding hydrogens is 234 g/mol. The second-order valence-corrected chi connectivity index (χ2v) is 4.68. The van der Waals surface area contributed by atoms with Crippen LogP contribution in [0.25, 0.3) is 0 Å². The third-order valence-electron chi connectivity index (χ3n) is 2.69. The number of halogens is 1. The highest BCUT2D eigenvalue weighted by Crippen LogP contribution is 2.11. The van der Waals surface area contributed by atoms with E-state index in [4.69, 9.17) is 16.0 Å². The second-order valence-electron chi connectivity index (χ2n) is 4.24. The molecule has 2 nitrogen and oxygen atoms in total. The highest BCUT2D eigenvalue weighted by Gasteiger charge is 2.03. The van der Waals surface area contributed by atoms with E-state index in [9.17, 15) is 0 Å². The Hall–Kier alpha value is -1.25. The summed E-state index contributed by atoms with van der Waals surface area (Å²) >= 11 is 5.85. The Morgan fingerprint density at radius 1 is 1.18 bits per heavy atom. The molecule has 0 amide bonds. The molecule has 0 aliphatic carbocycles. The van der Waals surface area contributed by atoms with Gasteiger partial charge in [-0.15, -0.1) is 0 Å². The molecule has 1 unspecified atom stereocenters. The predicted octanol–water partition coefficient (Wildman–Crippen LogP) is 3.65. The van der Waals surface area contributed by atoms with Crippen LogP contribution in [0.5, 0.6) is 0 Å². The maximum Gasteiger partial charge on any atom is 0.0947 e. The maximum atomic E-state index is 5.85. The first-order chi connectivity index (χ1) is 8.24. The minimum absolute atomic E-state index is 0.422. The van der Waals surface area contributed by atoms with Crippen LogP contribution < -0.4 is 5.32 Å². The van der Waals surface area contributed by atoms with Crippen molar-refractivity contribution in [1.82, 2.24) is 5.32 Å². The first-order valence-electron chi connectivity index (χ1n) is 5.73. The molecule has 1 heterocycles. The van der Waals surface area contributed by atoms with Crippen LogP contribution in [0.1, 0.15) is 18.1 Å². The molecule has 0 radical (unpaired) electrons. The Kier molecular flexibility index (Phi) is 4.24. The topological polar surface area (TPSA) is 25.2 Å². The SMILES string of the molecule is CC(Cc1ccc(Cl)cc1)NCc1ccoc1. The summed E-state index contributed by atoms with van der Waals surface area (Å²) in [7, 11) is 0. The molecule has 1 atom stereocenters. The van der Waals surface area contributed by atoms with E-state index in [-0.39, 0.29) is 0 Å². The quantitative estimate of drug-likeness (QED) is 0.875. The van der Waals surface area contributed by atoms with Gasteiger partial charge in [0.25, 0.3) is 0 Å². The van der Waals surface area contributed by atoms with Crippen LogP contribution in [0.2, 0.25) is 5.02 Å². The van der Waals surface area contributed by atoms with Gasteiger partial charge in [0.15, 0.2) is 0 Å². The lowest BCUT2D eigenvalue weighted by molar-refractivity contribution is 0.532. The monoisotopic (exact) mass is 249 g/mol. The predicted molar refractivity (Wildman–Crippen MR) is 70.2 cm³/mol. The normalized spacial score (nSPS) is 12.6. The minimum Gasteiger partial charge on any atom is -0.472 e. The van der Waals surface area contributed by atoms with Crippen LogP contribution in [-0.2, 0) is 13.0 Å². The van der Waals surface area contributed by atoms with Gasteiger partial charge >= 0.3 is 0 Å². The Balaban J connectivity index is 1.80. The largest absolute Gasteiger partial charge is 0.472 e. The highest BCUT2D eigenvalue weighted by atomic mass is 35.5. The van der Waals surface area contributed by atoms with E-state index in [1.165, 1.54) is 11.1 Å². The van der Waals surface area contributed by atoms with Crippen molar-refractivity contribution in [2.24, 2.45) is 0 Å². The van der Waals surface area contributed by atoms with Gasteiger partial charge in [0.05, 0.1) is 12.5 Å². The first kappa shape index (κ1) is 12.2. The highest BCUT2D eigenvalue weighted by molar-refractivity contribution is 6.30. The molecule has 1 aromatic carbocycles. The molecule has 0 aliphatic heterocycles. The summed E-state index contributed by atoms with van der Waals surface area (Å²) in [6.07, 6.45) is 4.46. The van der Waals surface area contributed by atoms with Crippen molar-refractivity contribution in [3.63, 3.8) is 0 Å². The summed E-state index contributed by atoms with van der Waals surface area (Å²) in [4.78, 5) is 0. The fourth-order valence-corrected chi connectivity index (χ4v) is 1.86. The van der Waals surface area contributed by atoms with Crippen molar-refractivity contribution in [3.8, 4) is 0 Å². The van der Waals surface area contributed by atoms with Crippen molar-refractivity contribution in [3.05, 3.63) is 59.0 Å². The molecule has 2 rings (SSSR count). The number of rotatable bonds is 5. The number of hydrogen-bond donors (Lipinski definition) is 1. The molecule has 2 aromatic rings. The van der Waals surface area contributed by atoms with Crippen molar-refractivity contribution >= 4 is 11.6 Å². The van der Waals surface area contributed by atoms with Crippen LogP contribution in [0.4, 0.5) is 0 Å². The average Bonchev–Trinajstić information content (AvgIpc) is 2.83. The van der Waals surface area contributed by atoms with Crippen LogP contribution in [0.15, 0.2) is 47.3 Å². The Morgan fingerprint density at radius 3 is 2.59 bits per heavy atom. The van der Waals surface area contributed by atoms with E-state index in [0.717, 1.165) is 18.0 Å². The Labute approximate surface area is 107 Å². The van der Waals surface area contributed by atoms with Crippen LogP contribution in [0, 0.1) is 0 Å². The van der Waals surface area contributed by atoms with Gasteiger partial charge in [0, 0.05) is 23.2 Å². The van der Waals surface area contributed by atoms with E-state index in [0.29, 0.717) is 6.04 Å². The first-order valence-corrected chi connectivity index (χ1v) is 6.11. The molecule has 3 heteroatoms. The smallest absolute Gasteiger partial charge is 0.0947 e. The van der Waals surface area contributed by atoms with Crippen molar-refractivity contribution in [2.75, 3.05) is 0 Å². The minimum atomic E-state index is 0.422. The third-order valence-corrected chi connectivity index (χ3v) is 2.94. The maximum absolute atomic E-state index is 5.85. The molecule has 0 saturated heterocycles. The number of nitrogens with one attached hydrogen (secondary N) is 1. The van der Waals surface area contributed by atoms with Gasteiger partial charge in [-0.25, -0.2) is 0 Å². The summed E-state index contributed by atoms with van der Waals surface area (Å²) < 4.78 is 5.02. The standard InChI is InChI=1S/C14H16ClNO/c1-11(16-9-13-6-7-17-10-13)8-12-2-4-14(15)5-3-12/h2-7,10-11,16H,8-9H2,1H3. The van der Waals surface area contributed by atoms with E-state index in [2.05, 4.69) is 24.4 Å². The fraction of sp³-hybridized carbons (Fsp3) is 0.286. The van der Waals surface area contributed by atoms with E-state index < -0.39 is 0 Å². The van der Waals surface area contributed by atoms with Crippen molar-refractivity contribution in [2.45, 2.75) is 25.9 Å². The molecule has 1 N–H and O–H groups in total. The van der Waals surface area contributed by atoms with Gasteiger partial charge in [-0.3, -0.25) is 0 Å². The lowest BCUT2D eigenvalue weighted by Crippen LogP contribution is -2.27. The zero-order chi connectivity index (χ0) is 12.1. The zero-order valence-electron chi connectivity index (χ0n) is 9.82. The summed E-state index contributed by atoms with van der Waals surface area (Å²) in [5, 5.41) is 4.24. The Morgan fingerprint density at radius 2 is 1.94 bits per heavy atom. The molecule has 0 saturated carbocycles. The van der Waals surface area contributed by atoms with Gasteiger partial charge in [-0.05, 0) is 37.1 Å². The van der Waals surface area contributed by atoms with Gasteiger partial charge in [0.2, 0.25) is 0 Å².